The molecule has 1 N–H and O–H groups in total. The van der Waals surface area contributed by atoms with Crippen molar-refractivity contribution in [1.29, 1.82) is 0 Å². The topological polar surface area (TPSA) is 37.3 Å². The number of carbonyl (C=O) groups excluding carboxylic acids is 1. The zero-order valence-electron chi connectivity index (χ0n) is 13.1. The third-order valence-electron chi connectivity index (χ3n) is 5.89. The Labute approximate surface area is 123 Å². The Morgan fingerprint density at radius 1 is 1.45 bits per heavy atom. The van der Waals surface area contributed by atoms with Gasteiger partial charge in [-0.15, -0.1) is 0 Å². The first-order valence-electron chi connectivity index (χ1n) is 7.81. The summed E-state index contributed by atoms with van der Waals surface area (Å²) in [6.45, 7) is 10.7. The summed E-state index contributed by atoms with van der Waals surface area (Å²) in [5.74, 6) is 0.890. The SMILES string of the molecule is C=C1CCC2C(C)(CO)CCCC2(C)C1C=CC(C)=O. The number of rotatable bonds is 3. The van der Waals surface area contributed by atoms with E-state index in [1.54, 1.807) is 13.0 Å². The van der Waals surface area contributed by atoms with Gasteiger partial charge in [-0.2, -0.15) is 0 Å². The van der Waals surface area contributed by atoms with Gasteiger partial charge in [-0.25, -0.2) is 0 Å². The Morgan fingerprint density at radius 3 is 2.75 bits per heavy atom. The van der Waals surface area contributed by atoms with Crippen LogP contribution in [0, 0.1) is 22.7 Å². The zero-order chi connectivity index (χ0) is 15.0. The van der Waals surface area contributed by atoms with Gasteiger partial charge in [0.25, 0.3) is 0 Å². The minimum Gasteiger partial charge on any atom is -0.396 e. The summed E-state index contributed by atoms with van der Waals surface area (Å²) in [5, 5.41) is 9.88. The average molecular weight is 276 g/mol. The molecule has 0 amide bonds. The number of hydrogen-bond acceptors (Lipinski definition) is 2. The number of allylic oxidation sites excluding steroid dienone is 3. The van der Waals surface area contributed by atoms with E-state index < -0.39 is 0 Å². The van der Waals surface area contributed by atoms with E-state index in [9.17, 15) is 9.90 Å². The Bertz CT molecular complexity index is 437. The number of carbonyl (C=O) groups is 1. The smallest absolute Gasteiger partial charge is 0.152 e. The van der Waals surface area contributed by atoms with Gasteiger partial charge in [-0.3, -0.25) is 4.79 Å². The average Bonchev–Trinajstić information content (AvgIpc) is 2.37. The van der Waals surface area contributed by atoms with Crippen LogP contribution in [0.4, 0.5) is 0 Å². The summed E-state index contributed by atoms with van der Waals surface area (Å²) < 4.78 is 0. The van der Waals surface area contributed by atoms with Gasteiger partial charge in [0.05, 0.1) is 0 Å². The first kappa shape index (κ1) is 15.5. The van der Waals surface area contributed by atoms with E-state index in [0.29, 0.717) is 5.92 Å². The molecule has 20 heavy (non-hydrogen) atoms. The van der Waals surface area contributed by atoms with Crippen LogP contribution in [0.3, 0.4) is 0 Å². The van der Waals surface area contributed by atoms with Gasteiger partial charge in [0.2, 0.25) is 0 Å². The van der Waals surface area contributed by atoms with Gasteiger partial charge in [0.1, 0.15) is 0 Å². The lowest BCUT2D eigenvalue weighted by Gasteiger charge is -2.57. The van der Waals surface area contributed by atoms with E-state index in [-0.39, 0.29) is 29.1 Å². The van der Waals surface area contributed by atoms with Crippen molar-refractivity contribution < 1.29 is 9.90 Å². The fourth-order valence-corrected chi connectivity index (χ4v) is 4.80. The molecule has 2 aliphatic carbocycles. The van der Waals surface area contributed by atoms with Crippen molar-refractivity contribution in [1.82, 2.24) is 0 Å². The lowest BCUT2D eigenvalue weighted by molar-refractivity contribution is -0.112. The summed E-state index contributed by atoms with van der Waals surface area (Å²) in [7, 11) is 0. The molecule has 0 spiro atoms. The van der Waals surface area contributed by atoms with Gasteiger partial charge in [-0.05, 0) is 55.4 Å². The molecule has 2 rings (SSSR count). The van der Waals surface area contributed by atoms with Crippen LogP contribution < -0.4 is 0 Å². The van der Waals surface area contributed by atoms with E-state index in [4.69, 9.17) is 0 Å². The largest absolute Gasteiger partial charge is 0.396 e. The van der Waals surface area contributed by atoms with Crippen molar-refractivity contribution in [3.05, 3.63) is 24.3 Å². The second-order valence-electron chi connectivity index (χ2n) is 7.37. The predicted octanol–water partition coefficient (Wildman–Crippen LogP) is 3.90. The minimum absolute atomic E-state index is 0.0238. The third-order valence-corrected chi connectivity index (χ3v) is 5.89. The monoisotopic (exact) mass is 276 g/mol. The normalized spacial score (nSPS) is 41.7. The molecule has 4 atom stereocenters. The predicted molar refractivity (Wildman–Crippen MR) is 82.3 cm³/mol. The standard InChI is InChI=1S/C18H28O2/c1-13-6-9-16-17(3,12-19)10-5-11-18(16,4)15(13)8-7-14(2)20/h7-8,15-16,19H,1,5-6,9-12H2,2-4H3. The molecule has 0 aromatic rings. The lowest BCUT2D eigenvalue weighted by Crippen LogP contribution is -2.51. The van der Waals surface area contributed by atoms with Crippen LogP contribution in [0.25, 0.3) is 0 Å². The molecule has 2 fully saturated rings. The quantitative estimate of drug-likeness (QED) is 0.627. The van der Waals surface area contributed by atoms with Crippen LogP contribution in [0.1, 0.15) is 52.9 Å². The Morgan fingerprint density at radius 2 is 2.15 bits per heavy atom. The summed E-state index contributed by atoms with van der Waals surface area (Å²) in [4.78, 5) is 11.3. The fourth-order valence-electron chi connectivity index (χ4n) is 4.80. The lowest BCUT2D eigenvalue weighted by atomic mass is 9.47. The second kappa shape index (κ2) is 5.48. The van der Waals surface area contributed by atoms with Gasteiger partial charge >= 0.3 is 0 Å². The van der Waals surface area contributed by atoms with E-state index >= 15 is 0 Å². The number of ketones is 1. The number of fused-ring (bicyclic) bond motifs is 1. The Hall–Kier alpha value is -0.890. The van der Waals surface area contributed by atoms with Gasteiger partial charge < -0.3 is 5.11 Å². The molecule has 0 radical (unpaired) electrons. The second-order valence-corrected chi connectivity index (χ2v) is 7.37. The van der Waals surface area contributed by atoms with E-state index in [2.05, 4.69) is 26.5 Å². The van der Waals surface area contributed by atoms with Crippen LogP contribution in [0.15, 0.2) is 24.3 Å². The van der Waals surface area contributed by atoms with Gasteiger partial charge in [-0.1, -0.05) is 38.5 Å². The van der Waals surface area contributed by atoms with Crippen molar-refractivity contribution in [2.75, 3.05) is 6.61 Å². The van der Waals surface area contributed by atoms with Gasteiger partial charge in [0, 0.05) is 12.5 Å². The van der Waals surface area contributed by atoms with Crippen molar-refractivity contribution >= 4 is 5.78 Å². The summed E-state index contributed by atoms with van der Waals surface area (Å²) in [6, 6.07) is 0. The summed E-state index contributed by atoms with van der Waals surface area (Å²) in [6.07, 6.45) is 9.34. The first-order chi connectivity index (χ1) is 9.33. The molecule has 2 heteroatoms. The van der Waals surface area contributed by atoms with Crippen molar-refractivity contribution in [2.45, 2.75) is 52.9 Å². The first-order valence-corrected chi connectivity index (χ1v) is 7.81. The fraction of sp³-hybridized carbons (Fsp3) is 0.722. The Kier molecular flexibility index (Phi) is 4.24. The molecule has 0 heterocycles. The highest BCUT2D eigenvalue weighted by Gasteiger charge is 2.53. The maximum Gasteiger partial charge on any atom is 0.152 e. The van der Waals surface area contributed by atoms with E-state index in [1.165, 1.54) is 12.0 Å². The van der Waals surface area contributed by atoms with Crippen LogP contribution >= 0.6 is 0 Å². The molecule has 4 unspecified atom stereocenters. The maximum atomic E-state index is 11.3. The van der Waals surface area contributed by atoms with Crippen molar-refractivity contribution in [3.8, 4) is 0 Å². The van der Waals surface area contributed by atoms with Crippen molar-refractivity contribution in [3.63, 3.8) is 0 Å². The van der Waals surface area contributed by atoms with E-state index in [1.807, 2.05) is 0 Å². The highest BCUT2D eigenvalue weighted by molar-refractivity contribution is 5.87. The number of aliphatic hydroxyl groups is 1. The van der Waals surface area contributed by atoms with Crippen LogP contribution in [0.2, 0.25) is 0 Å². The molecular weight excluding hydrogens is 248 g/mol. The van der Waals surface area contributed by atoms with Crippen molar-refractivity contribution in [2.24, 2.45) is 22.7 Å². The molecule has 0 aliphatic heterocycles. The van der Waals surface area contributed by atoms with Crippen LogP contribution in [-0.2, 0) is 4.79 Å². The maximum absolute atomic E-state index is 11.3. The van der Waals surface area contributed by atoms with E-state index in [0.717, 1.165) is 25.7 Å². The summed E-state index contributed by atoms with van der Waals surface area (Å²) in [5.41, 5.74) is 1.41. The van der Waals surface area contributed by atoms with Crippen LogP contribution in [0.5, 0.6) is 0 Å². The minimum atomic E-state index is 0.0238. The highest BCUT2D eigenvalue weighted by Crippen LogP contribution is 2.61. The van der Waals surface area contributed by atoms with Crippen LogP contribution in [-0.4, -0.2) is 17.5 Å². The third kappa shape index (κ3) is 2.50. The molecular formula is C18H28O2. The molecule has 0 aromatic carbocycles. The summed E-state index contributed by atoms with van der Waals surface area (Å²) >= 11 is 0. The van der Waals surface area contributed by atoms with Gasteiger partial charge in [0.15, 0.2) is 5.78 Å². The molecule has 2 aliphatic rings. The molecule has 112 valence electrons. The Balaban J connectivity index is 2.36. The molecule has 2 saturated carbocycles. The molecule has 0 aromatic heterocycles. The number of aliphatic hydroxyl groups excluding tert-OH is 1. The highest BCUT2D eigenvalue weighted by atomic mass is 16.3. The molecule has 0 saturated heterocycles. The molecule has 0 bridgehead atoms. The molecule has 2 nitrogen and oxygen atoms in total. The number of hydrogen-bond donors (Lipinski definition) is 1. The zero-order valence-corrected chi connectivity index (χ0v) is 13.1.